The third kappa shape index (κ3) is 3.28. The Morgan fingerprint density at radius 2 is 2.00 bits per heavy atom. The zero-order valence-corrected chi connectivity index (χ0v) is 12.9. The van der Waals surface area contributed by atoms with Gasteiger partial charge in [-0.15, -0.1) is 10.2 Å². The average molecular weight is 299 g/mol. The van der Waals surface area contributed by atoms with Crippen LogP contribution >= 0.6 is 11.3 Å². The van der Waals surface area contributed by atoms with Crippen LogP contribution < -0.4 is 4.90 Å². The SMILES string of the molecule is Cc1nnc(N(C)Cc2nccn2Cc2ccccc2)s1. The summed E-state index contributed by atoms with van der Waals surface area (Å²) < 4.78 is 2.17. The maximum absolute atomic E-state index is 4.46. The van der Waals surface area contributed by atoms with Crippen molar-refractivity contribution in [2.45, 2.75) is 20.0 Å². The lowest BCUT2D eigenvalue weighted by Crippen LogP contribution is -2.19. The molecule has 0 atom stereocenters. The van der Waals surface area contributed by atoms with Crippen LogP contribution in [0.15, 0.2) is 42.7 Å². The van der Waals surface area contributed by atoms with Crippen molar-refractivity contribution in [3.05, 3.63) is 59.1 Å². The summed E-state index contributed by atoms with van der Waals surface area (Å²) in [6.07, 6.45) is 3.86. The van der Waals surface area contributed by atoms with Gasteiger partial charge in [0.15, 0.2) is 0 Å². The van der Waals surface area contributed by atoms with Crippen molar-refractivity contribution in [3.63, 3.8) is 0 Å². The first-order valence-corrected chi connectivity index (χ1v) is 7.59. The Balaban J connectivity index is 1.73. The minimum atomic E-state index is 0.717. The number of rotatable bonds is 5. The molecule has 0 unspecified atom stereocenters. The molecule has 0 spiro atoms. The Morgan fingerprint density at radius 1 is 1.19 bits per heavy atom. The first kappa shape index (κ1) is 13.8. The fraction of sp³-hybridized carbons (Fsp3) is 0.267. The van der Waals surface area contributed by atoms with E-state index in [1.54, 1.807) is 11.3 Å². The van der Waals surface area contributed by atoms with E-state index in [1.165, 1.54) is 5.56 Å². The summed E-state index contributed by atoms with van der Waals surface area (Å²) in [5.41, 5.74) is 1.27. The Kier molecular flexibility index (Phi) is 3.96. The predicted molar refractivity (Wildman–Crippen MR) is 84.5 cm³/mol. The number of benzene rings is 1. The smallest absolute Gasteiger partial charge is 0.208 e. The van der Waals surface area contributed by atoms with Crippen LogP contribution in [0.2, 0.25) is 0 Å². The number of anilines is 1. The van der Waals surface area contributed by atoms with Gasteiger partial charge in [-0.25, -0.2) is 4.98 Å². The van der Waals surface area contributed by atoms with Crippen LogP contribution in [-0.2, 0) is 13.1 Å². The molecule has 0 saturated carbocycles. The Morgan fingerprint density at radius 3 is 2.71 bits per heavy atom. The monoisotopic (exact) mass is 299 g/mol. The molecule has 2 aromatic heterocycles. The number of hydrogen-bond acceptors (Lipinski definition) is 5. The third-order valence-electron chi connectivity index (χ3n) is 3.22. The van der Waals surface area contributed by atoms with E-state index in [2.05, 4.69) is 48.9 Å². The van der Waals surface area contributed by atoms with E-state index in [0.29, 0.717) is 6.54 Å². The van der Waals surface area contributed by atoms with Crippen LogP contribution in [0.4, 0.5) is 5.13 Å². The van der Waals surface area contributed by atoms with E-state index in [9.17, 15) is 0 Å². The number of hydrogen-bond donors (Lipinski definition) is 0. The molecule has 0 aliphatic carbocycles. The highest BCUT2D eigenvalue weighted by molar-refractivity contribution is 7.15. The van der Waals surface area contributed by atoms with Crippen LogP contribution in [0, 0.1) is 6.92 Å². The van der Waals surface area contributed by atoms with Gasteiger partial charge in [-0.05, 0) is 12.5 Å². The molecule has 3 aromatic rings. The van der Waals surface area contributed by atoms with Crippen LogP contribution in [0.3, 0.4) is 0 Å². The van der Waals surface area contributed by atoms with Gasteiger partial charge in [0.05, 0.1) is 6.54 Å². The standard InChI is InChI=1S/C15H17N5S/c1-12-17-18-15(21-12)19(2)11-14-16-8-9-20(14)10-13-6-4-3-5-7-13/h3-9H,10-11H2,1-2H3. The first-order chi connectivity index (χ1) is 10.2. The molecule has 0 amide bonds. The molecular formula is C15H17N5S. The van der Waals surface area contributed by atoms with Gasteiger partial charge in [-0.3, -0.25) is 0 Å². The second-order valence-electron chi connectivity index (χ2n) is 4.92. The van der Waals surface area contributed by atoms with Crippen molar-refractivity contribution in [2.24, 2.45) is 0 Å². The third-order valence-corrected chi connectivity index (χ3v) is 4.17. The van der Waals surface area contributed by atoms with Gasteiger partial charge in [0, 0.05) is 26.0 Å². The van der Waals surface area contributed by atoms with Gasteiger partial charge in [0.1, 0.15) is 10.8 Å². The van der Waals surface area contributed by atoms with Gasteiger partial charge in [0.25, 0.3) is 0 Å². The van der Waals surface area contributed by atoms with E-state index in [4.69, 9.17) is 0 Å². The largest absolute Gasteiger partial charge is 0.342 e. The lowest BCUT2D eigenvalue weighted by molar-refractivity contribution is 0.705. The second-order valence-corrected chi connectivity index (χ2v) is 6.08. The zero-order valence-electron chi connectivity index (χ0n) is 12.1. The molecule has 0 radical (unpaired) electrons. The molecule has 0 fully saturated rings. The lowest BCUT2D eigenvalue weighted by Gasteiger charge is -2.16. The van der Waals surface area contributed by atoms with Gasteiger partial charge in [-0.2, -0.15) is 0 Å². The maximum atomic E-state index is 4.46. The van der Waals surface area contributed by atoms with Gasteiger partial charge >= 0.3 is 0 Å². The molecule has 0 aliphatic heterocycles. The highest BCUT2D eigenvalue weighted by Gasteiger charge is 2.11. The van der Waals surface area contributed by atoms with Crippen molar-refractivity contribution in [3.8, 4) is 0 Å². The fourth-order valence-electron chi connectivity index (χ4n) is 2.14. The van der Waals surface area contributed by atoms with Crippen molar-refractivity contribution >= 4 is 16.5 Å². The van der Waals surface area contributed by atoms with Gasteiger partial charge < -0.3 is 9.47 Å². The summed E-state index contributed by atoms with van der Waals surface area (Å²) >= 11 is 1.59. The molecule has 0 aliphatic rings. The van der Waals surface area contributed by atoms with E-state index in [0.717, 1.165) is 22.5 Å². The number of aryl methyl sites for hydroxylation is 1. The molecule has 0 N–H and O–H groups in total. The maximum Gasteiger partial charge on any atom is 0.208 e. The molecule has 3 rings (SSSR count). The Bertz CT molecular complexity index is 704. The Hall–Kier alpha value is -2.21. The summed E-state index contributed by atoms with van der Waals surface area (Å²) in [6, 6.07) is 10.4. The van der Waals surface area contributed by atoms with E-state index >= 15 is 0 Å². The summed E-state index contributed by atoms with van der Waals surface area (Å²) in [7, 11) is 2.02. The summed E-state index contributed by atoms with van der Waals surface area (Å²) in [4.78, 5) is 6.54. The molecule has 6 heteroatoms. The molecule has 1 aromatic carbocycles. The summed E-state index contributed by atoms with van der Waals surface area (Å²) in [5.74, 6) is 1.02. The second kappa shape index (κ2) is 6.05. The Labute approximate surface area is 127 Å². The summed E-state index contributed by atoms with van der Waals surface area (Å²) in [6.45, 7) is 3.51. The van der Waals surface area contributed by atoms with E-state index < -0.39 is 0 Å². The van der Waals surface area contributed by atoms with Crippen molar-refractivity contribution < 1.29 is 0 Å². The van der Waals surface area contributed by atoms with Gasteiger partial charge in [-0.1, -0.05) is 41.7 Å². The van der Waals surface area contributed by atoms with Gasteiger partial charge in [0.2, 0.25) is 5.13 Å². The van der Waals surface area contributed by atoms with Crippen molar-refractivity contribution in [1.82, 2.24) is 19.7 Å². The molecule has 0 saturated heterocycles. The minimum absolute atomic E-state index is 0.717. The highest BCUT2D eigenvalue weighted by Crippen LogP contribution is 2.19. The first-order valence-electron chi connectivity index (χ1n) is 6.77. The molecule has 5 nitrogen and oxygen atoms in total. The van der Waals surface area contributed by atoms with Crippen LogP contribution in [0.1, 0.15) is 16.4 Å². The zero-order chi connectivity index (χ0) is 14.7. The van der Waals surface area contributed by atoms with Crippen LogP contribution in [0.25, 0.3) is 0 Å². The number of aromatic nitrogens is 4. The minimum Gasteiger partial charge on any atom is -0.342 e. The van der Waals surface area contributed by atoms with E-state index in [-0.39, 0.29) is 0 Å². The quantitative estimate of drug-likeness (QED) is 0.727. The lowest BCUT2D eigenvalue weighted by atomic mass is 10.2. The molecular weight excluding hydrogens is 282 g/mol. The summed E-state index contributed by atoms with van der Waals surface area (Å²) in [5, 5.41) is 10.1. The molecule has 0 bridgehead atoms. The molecule has 108 valence electrons. The normalized spacial score (nSPS) is 10.8. The fourth-order valence-corrected chi connectivity index (χ4v) is 2.78. The van der Waals surface area contributed by atoms with Crippen LogP contribution in [0.5, 0.6) is 0 Å². The predicted octanol–water partition coefficient (Wildman–Crippen LogP) is 2.73. The van der Waals surface area contributed by atoms with E-state index in [1.807, 2.05) is 32.4 Å². The molecule has 21 heavy (non-hydrogen) atoms. The van der Waals surface area contributed by atoms with Crippen LogP contribution in [-0.4, -0.2) is 26.8 Å². The number of nitrogens with zero attached hydrogens (tertiary/aromatic N) is 5. The number of imidazole rings is 1. The average Bonchev–Trinajstić information content (AvgIpc) is 3.10. The molecule has 2 heterocycles. The van der Waals surface area contributed by atoms with Crippen molar-refractivity contribution in [1.29, 1.82) is 0 Å². The topological polar surface area (TPSA) is 46.8 Å². The highest BCUT2D eigenvalue weighted by atomic mass is 32.1. The van der Waals surface area contributed by atoms with Crippen molar-refractivity contribution in [2.75, 3.05) is 11.9 Å².